The fraction of sp³-hybridized carbons (Fsp3) is 0.360. The highest BCUT2D eigenvalue weighted by atomic mass is 35.5. The third-order valence-electron chi connectivity index (χ3n) is 6.29. The lowest BCUT2D eigenvalue weighted by atomic mass is 9.75. The minimum atomic E-state index is -0.00521. The van der Waals surface area contributed by atoms with Gasteiger partial charge in [-0.1, -0.05) is 36.7 Å². The van der Waals surface area contributed by atoms with Crippen molar-refractivity contribution in [1.82, 2.24) is 10.3 Å². The van der Waals surface area contributed by atoms with Crippen LogP contribution in [0.4, 0.5) is 0 Å². The molecule has 1 aliphatic carbocycles. The number of amides is 1. The number of para-hydroxylation sites is 1. The first-order valence-electron chi connectivity index (χ1n) is 10.5. The van der Waals surface area contributed by atoms with E-state index in [0.717, 1.165) is 37.6 Å². The van der Waals surface area contributed by atoms with E-state index in [1.807, 2.05) is 12.3 Å². The number of carbonyl (C=O) groups excluding carboxylic acids is 1. The third-order valence-corrected chi connectivity index (χ3v) is 6.54. The topological polar surface area (TPSA) is 42.0 Å². The zero-order valence-electron chi connectivity index (χ0n) is 16.8. The molecule has 3 nitrogen and oxygen atoms in total. The van der Waals surface area contributed by atoms with Crippen molar-refractivity contribution in [3.63, 3.8) is 0 Å². The van der Waals surface area contributed by atoms with Crippen molar-refractivity contribution >= 4 is 28.4 Å². The maximum Gasteiger partial charge on any atom is 0.251 e. The number of benzene rings is 2. The van der Waals surface area contributed by atoms with Crippen molar-refractivity contribution in [2.45, 2.75) is 51.0 Å². The molecule has 0 radical (unpaired) electrons. The predicted octanol–water partition coefficient (Wildman–Crippen LogP) is 6.37. The van der Waals surface area contributed by atoms with E-state index in [2.05, 4.69) is 41.5 Å². The summed E-state index contributed by atoms with van der Waals surface area (Å²) in [5.74, 6) is 1.09. The first-order chi connectivity index (χ1) is 14.1. The highest BCUT2D eigenvalue weighted by Gasteiger charge is 2.28. The Morgan fingerprint density at radius 1 is 1.10 bits per heavy atom. The van der Waals surface area contributed by atoms with E-state index >= 15 is 0 Å². The van der Waals surface area contributed by atoms with Crippen molar-refractivity contribution in [2.24, 2.45) is 5.92 Å². The van der Waals surface area contributed by atoms with Gasteiger partial charge in [0.15, 0.2) is 0 Å². The van der Waals surface area contributed by atoms with Crippen LogP contribution in [0.25, 0.3) is 10.9 Å². The minimum absolute atomic E-state index is 0.00521. The fourth-order valence-corrected chi connectivity index (χ4v) is 4.70. The number of hydrogen-bond acceptors (Lipinski definition) is 2. The van der Waals surface area contributed by atoms with Crippen LogP contribution in [0.1, 0.15) is 60.9 Å². The SMILES string of the molecule is CC[C@H](NC(=O)c1ccc(Cl)cc1)C1CCC(c2cnc3ccccc3c2)CC1. The van der Waals surface area contributed by atoms with Gasteiger partial charge >= 0.3 is 0 Å². The van der Waals surface area contributed by atoms with E-state index in [-0.39, 0.29) is 11.9 Å². The molecule has 4 rings (SSSR count). The van der Waals surface area contributed by atoms with Gasteiger partial charge in [-0.25, -0.2) is 0 Å². The molecule has 0 unspecified atom stereocenters. The van der Waals surface area contributed by atoms with Crippen LogP contribution in [0.15, 0.2) is 60.8 Å². The van der Waals surface area contributed by atoms with Crippen molar-refractivity contribution in [1.29, 1.82) is 0 Å². The van der Waals surface area contributed by atoms with Crippen molar-refractivity contribution in [2.75, 3.05) is 0 Å². The van der Waals surface area contributed by atoms with Gasteiger partial charge in [-0.15, -0.1) is 0 Å². The minimum Gasteiger partial charge on any atom is -0.349 e. The molecule has 150 valence electrons. The zero-order chi connectivity index (χ0) is 20.2. The van der Waals surface area contributed by atoms with Crippen LogP contribution >= 0.6 is 11.6 Å². The first-order valence-corrected chi connectivity index (χ1v) is 10.9. The van der Waals surface area contributed by atoms with Crippen LogP contribution in [-0.4, -0.2) is 16.9 Å². The van der Waals surface area contributed by atoms with Crippen LogP contribution in [0, 0.1) is 5.92 Å². The molecule has 2 aromatic carbocycles. The molecular weight excluding hydrogens is 380 g/mol. The van der Waals surface area contributed by atoms with Gasteiger partial charge < -0.3 is 5.32 Å². The second kappa shape index (κ2) is 8.96. The van der Waals surface area contributed by atoms with Crippen LogP contribution in [0.3, 0.4) is 0 Å². The summed E-state index contributed by atoms with van der Waals surface area (Å²) in [6.07, 6.45) is 7.57. The molecule has 4 heteroatoms. The normalized spacial score (nSPS) is 20.3. The smallest absolute Gasteiger partial charge is 0.251 e. The summed E-state index contributed by atoms with van der Waals surface area (Å²) < 4.78 is 0. The molecule has 0 spiro atoms. The van der Waals surface area contributed by atoms with Crippen LogP contribution in [0.2, 0.25) is 5.02 Å². The maximum absolute atomic E-state index is 12.6. The molecule has 1 saturated carbocycles. The number of carbonyl (C=O) groups is 1. The van der Waals surface area contributed by atoms with Crippen LogP contribution < -0.4 is 5.32 Å². The summed E-state index contributed by atoms with van der Waals surface area (Å²) in [5, 5.41) is 5.12. The Morgan fingerprint density at radius 3 is 2.55 bits per heavy atom. The number of halogens is 1. The molecule has 0 saturated heterocycles. The molecule has 1 heterocycles. The highest BCUT2D eigenvalue weighted by Crippen LogP contribution is 2.38. The lowest BCUT2D eigenvalue weighted by Crippen LogP contribution is -2.41. The Hall–Kier alpha value is -2.39. The molecule has 29 heavy (non-hydrogen) atoms. The summed E-state index contributed by atoms with van der Waals surface area (Å²) in [6.45, 7) is 2.16. The fourth-order valence-electron chi connectivity index (χ4n) is 4.57. The van der Waals surface area contributed by atoms with E-state index in [9.17, 15) is 4.79 Å². The number of nitrogens with one attached hydrogen (secondary N) is 1. The molecule has 1 aliphatic rings. The summed E-state index contributed by atoms with van der Waals surface area (Å²) in [4.78, 5) is 17.3. The van der Waals surface area contributed by atoms with Crippen molar-refractivity contribution in [3.05, 3.63) is 76.9 Å². The quantitative estimate of drug-likeness (QED) is 0.534. The van der Waals surface area contributed by atoms with Gasteiger partial charge in [0.05, 0.1) is 5.52 Å². The van der Waals surface area contributed by atoms with Crippen LogP contribution in [0.5, 0.6) is 0 Å². The van der Waals surface area contributed by atoms with Crippen LogP contribution in [-0.2, 0) is 0 Å². The number of pyridine rings is 1. The molecule has 1 N–H and O–H groups in total. The number of fused-ring (bicyclic) bond motifs is 1. The lowest BCUT2D eigenvalue weighted by Gasteiger charge is -2.34. The summed E-state index contributed by atoms with van der Waals surface area (Å²) in [5.41, 5.74) is 3.07. The Labute approximate surface area is 177 Å². The standard InChI is InChI=1S/C25H27ClN2O/c1-2-23(28-25(29)19-11-13-22(26)14-12-19)18-9-7-17(8-10-18)21-15-20-5-3-4-6-24(20)27-16-21/h3-6,11-18,23H,2,7-10H2,1H3,(H,28,29)/t17?,18?,23-/m0/s1. The predicted molar refractivity (Wildman–Crippen MR) is 119 cm³/mol. The number of rotatable bonds is 5. The Morgan fingerprint density at radius 2 is 1.83 bits per heavy atom. The second-order valence-electron chi connectivity index (χ2n) is 8.07. The summed E-state index contributed by atoms with van der Waals surface area (Å²) in [7, 11) is 0. The Bertz CT molecular complexity index is 978. The van der Waals surface area contributed by atoms with Crippen molar-refractivity contribution < 1.29 is 4.79 Å². The van der Waals surface area contributed by atoms with Gasteiger partial charge in [0.1, 0.15) is 0 Å². The molecule has 3 aromatic rings. The molecule has 1 amide bonds. The summed E-state index contributed by atoms with van der Waals surface area (Å²) >= 11 is 5.93. The average molecular weight is 407 g/mol. The number of hydrogen-bond donors (Lipinski definition) is 1. The zero-order valence-corrected chi connectivity index (χ0v) is 17.5. The average Bonchev–Trinajstić information content (AvgIpc) is 2.77. The van der Waals surface area contributed by atoms with Gasteiger partial charge in [0.2, 0.25) is 0 Å². The Kier molecular flexibility index (Phi) is 6.15. The van der Waals surface area contributed by atoms with Gasteiger partial charge in [0, 0.05) is 28.2 Å². The second-order valence-corrected chi connectivity index (χ2v) is 8.50. The number of aromatic nitrogens is 1. The molecule has 0 bridgehead atoms. The van der Waals surface area contributed by atoms with Gasteiger partial charge in [-0.3, -0.25) is 9.78 Å². The molecule has 1 aromatic heterocycles. The van der Waals surface area contributed by atoms with E-state index in [1.165, 1.54) is 10.9 Å². The molecule has 1 fully saturated rings. The van der Waals surface area contributed by atoms with Gasteiger partial charge in [-0.2, -0.15) is 0 Å². The maximum atomic E-state index is 12.6. The van der Waals surface area contributed by atoms with Crippen molar-refractivity contribution in [3.8, 4) is 0 Å². The lowest BCUT2D eigenvalue weighted by molar-refractivity contribution is 0.0909. The van der Waals surface area contributed by atoms with Gasteiger partial charge in [-0.05, 0) is 85.9 Å². The highest BCUT2D eigenvalue weighted by molar-refractivity contribution is 6.30. The number of nitrogens with zero attached hydrogens (tertiary/aromatic N) is 1. The monoisotopic (exact) mass is 406 g/mol. The molecule has 0 aliphatic heterocycles. The van der Waals surface area contributed by atoms with E-state index in [4.69, 9.17) is 11.6 Å². The largest absolute Gasteiger partial charge is 0.349 e. The first kappa shape index (κ1) is 19.9. The summed E-state index contributed by atoms with van der Waals surface area (Å²) in [6, 6.07) is 17.9. The van der Waals surface area contributed by atoms with E-state index in [0.29, 0.717) is 22.4 Å². The molecule has 1 atom stereocenters. The van der Waals surface area contributed by atoms with E-state index in [1.54, 1.807) is 24.3 Å². The van der Waals surface area contributed by atoms with E-state index < -0.39 is 0 Å². The third kappa shape index (κ3) is 4.62. The molecular formula is C25H27ClN2O. The Balaban J connectivity index is 1.38. The van der Waals surface area contributed by atoms with Gasteiger partial charge in [0.25, 0.3) is 5.91 Å².